The summed E-state index contributed by atoms with van der Waals surface area (Å²) in [7, 11) is 0. The molecular formula is C27H26F3N7O3. The minimum atomic E-state index is -0.732. The molecule has 208 valence electrons. The number of likely N-dealkylation sites (tertiary alicyclic amines) is 2. The van der Waals surface area contributed by atoms with Crippen LogP contribution in [0.15, 0.2) is 35.6 Å². The quantitative estimate of drug-likeness (QED) is 0.480. The number of carbonyl (C=O) groups excluding carboxylic acids is 2. The molecule has 0 spiro atoms. The first kappa shape index (κ1) is 25.8. The third-order valence-corrected chi connectivity index (χ3v) is 7.38. The number of aromatic nitrogens is 3. The van der Waals surface area contributed by atoms with E-state index >= 15 is 0 Å². The van der Waals surface area contributed by atoms with Gasteiger partial charge in [-0.15, -0.1) is 0 Å². The highest BCUT2D eigenvalue weighted by molar-refractivity contribution is 5.97. The second kappa shape index (κ2) is 9.96. The maximum Gasteiger partial charge on any atom is 0.341 e. The van der Waals surface area contributed by atoms with Crippen molar-refractivity contribution in [3.8, 4) is 11.6 Å². The van der Waals surface area contributed by atoms with Gasteiger partial charge in [0.25, 0.3) is 5.91 Å². The summed E-state index contributed by atoms with van der Waals surface area (Å²) in [4.78, 5) is 33.2. The number of amides is 3. The van der Waals surface area contributed by atoms with Gasteiger partial charge in [-0.1, -0.05) is 0 Å². The van der Waals surface area contributed by atoms with Crippen LogP contribution in [0.1, 0.15) is 46.2 Å². The van der Waals surface area contributed by atoms with Gasteiger partial charge in [-0.25, -0.2) is 32.6 Å². The molecule has 40 heavy (non-hydrogen) atoms. The van der Waals surface area contributed by atoms with Gasteiger partial charge in [0.2, 0.25) is 0 Å². The zero-order valence-corrected chi connectivity index (χ0v) is 21.9. The Labute approximate surface area is 227 Å². The highest BCUT2D eigenvalue weighted by Gasteiger charge is 2.39. The first-order chi connectivity index (χ1) is 19.2. The predicted octanol–water partition coefficient (Wildman–Crippen LogP) is 3.76. The predicted molar refractivity (Wildman–Crippen MR) is 137 cm³/mol. The summed E-state index contributed by atoms with van der Waals surface area (Å²) in [6, 6.07) is 3.48. The lowest BCUT2D eigenvalue weighted by molar-refractivity contribution is 0.0256. The smallest absolute Gasteiger partial charge is 0.341 e. The van der Waals surface area contributed by atoms with Gasteiger partial charge in [0.15, 0.2) is 17.4 Å². The summed E-state index contributed by atoms with van der Waals surface area (Å²) in [6.45, 7) is 5.27. The van der Waals surface area contributed by atoms with E-state index in [1.165, 1.54) is 39.0 Å². The molecule has 3 aromatic rings. The van der Waals surface area contributed by atoms with Crippen LogP contribution in [0.25, 0.3) is 5.82 Å². The summed E-state index contributed by atoms with van der Waals surface area (Å²) in [5.74, 6) is -1.99. The van der Waals surface area contributed by atoms with Crippen LogP contribution in [0.4, 0.5) is 18.0 Å². The van der Waals surface area contributed by atoms with Gasteiger partial charge in [-0.2, -0.15) is 10.2 Å². The van der Waals surface area contributed by atoms with Crippen LogP contribution in [-0.2, 0) is 0 Å². The molecular weight excluding hydrogens is 527 g/mol. The standard InChI is InChI=1S/C27H26F3N7O3/c1-15-25(26(38)34-6-3-7-34)16(2)36(33-15)24-11-23(21(30)12-31-24)40-20-13-35(14-20)27(39)37-22(4-5-32-37)17-8-18(28)10-19(29)9-17/h5,8-12,20,22H,3-4,6-7,13-14H2,1-2H3/t22-/m0/s1. The number of rotatable bonds is 5. The lowest BCUT2D eigenvalue weighted by Crippen LogP contribution is -2.58. The van der Waals surface area contributed by atoms with Crippen molar-refractivity contribution in [2.45, 2.75) is 38.8 Å². The van der Waals surface area contributed by atoms with Gasteiger partial charge in [0, 0.05) is 37.9 Å². The van der Waals surface area contributed by atoms with Gasteiger partial charge < -0.3 is 14.5 Å². The summed E-state index contributed by atoms with van der Waals surface area (Å²) in [5, 5.41) is 9.75. The van der Waals surface area contributed by atoms with E-state index in [4.69, 9.17) is 4.74 Å². The Hall–Kier alpha value is -4.42. The van der Waals surface area contributed by atoms with Gasteiger partial charge in [-0.05, 0) is 38.0 Å². The topological polar surface area (TPSA) is 96.2 Å². The van der Waals surface area contributed by atoms with Crippen molar-refractivity contribution in [1.82, 2.24) is 29.6 Å². The van der Waals surface area contributed by atoms with Gasteiger partial charge >= 0.3 is 6.03 Å². The molecule has 2 aromatic heterocycles. The normalized spacial score (nSPS) is 18.6. The molecule has 1 aromatic carbocycles. The average molecular weight is 554 g/mol. The number of carbonyl (C=O) groups is 2. The molecule has 1 atom stereocenters. The molecule has 5 heterocycles. The number of ether oxygens (including phenoxy) is 1. The third kappa shape index (κ3) is 4.54. The number of aryl methyl sites for hydroxylation is 1. The van der Waals surface area contributed by atoms with Crippen LogP contribution >= 0.6 is 0 Å². The maximum absolute atomic E-state index is 14.6. The first-order valence-corrected chi connectivity index (χ1v) is 12.9. The number of hydrazone groups is 1. The lowest BCUT2D eigenvalue weighted by Gasteiger charge is -2.41. The number of benzene rings is 1. The van der Waals surface area contributed by atoms with Gasteiger partial charge in [0.1, 0.15) is 17.7 Å². The van der Waals surface area contributed by atoms with E-state index < -0.39 is 35.6 Å². The van der Waals surface area contributed by atoms with E-state index in [2.05, 4.69) is 15.2 Å². The maximum atomic E-state index is 14.6. The molecule has 0 saturated carbocycles. The summed E-state index contributed by atoms with van der Waals surface area (Å²) >= 11 is 0. The van der Waals surface area contributed by atoms with E-state index in [1.807, 2.05) is 0 Å². The fourth-order valence-corrected chi connectivity index (χ4v) is 5.10. The molecule has 13 heteroatoms. The van der Waals surface area contributed by atoms with Gasteiger partial charge in [-0.3, -0.25) is 4.79 Å². The summed E-state index contributed by atoms with van der Waals surface area (Å²) in [6.07, 6.45) is 3.36. The molecule has 3 amide bonds. The van der Waals surface area contributed by atoms with Crippen molar-refractivity contribution in [3.63, 3.8) is 0 Å². The third-order valence-electron chi connectivity index (χ3n) is 7.38. The van der Waals surface area contributed by atoms with E-state index in [0.29, 0.717) is 47.8 Å². The van der Waals surface area contributed by atoms with Crippen molar-refractivity contribution in [2.75, 3.05) is 26.2 Å². The average Bonchev–Trinajstić information content (AvgIpc) is 3.44. The van der Waals surface area contributed by atoms with Crippen molar-refractivity contribution < 1.29 is 27.5 Å². The monoisotopic (exact) mass is 553 g/mol. The molecule has 0 N–H and O–H groups in total. The Morgan fingerprint density at radius 3 is 2.40 bits per heavy atom. The van der Waals surface area contributed by atoms with Crippen molar-refractivity contribution in [2.24, 2.45) is 5.10 Å². The Morgan fingerprint density at radius 1 is 1.00 bits per heavy atom. The Kier molecular flexibility index (Phi) is 6.43. The first-order valence-electron chi connectivity index (χ1n) is 12.9. The van der Waals surface area contributed by atoms with Crippen LogP contribution in [0, 0.1) is 31.3 Å². The molecule has 10 nitrogen and oxygen atoms in total. The van der Waals surface area contributed by atoms with E-state index in [-0.39, 0.29) is 24.7 Å². The molecule has 2 fully saturated rings. The number of halogens is 3. The number of hydrogen-bond donors (Lipinski definition) is 0. The number of hydrogen-bond acceptors (Lipinski definition) is 6. The molecule has 0 radical (unpaired) electrons. The zero-order valence-electron chi connectivity index (χ0n) is 21.9. The van der Waals surface area contributed by atoms with Crippen molar-refractivity contribution in [3.05, 3.63) is 70.4 Å². The molecule has 6 rings (SSSR count). The molecule has 0 bridgehead atoms. The lowest BCUT2D eigenvalue weighted by atomic mass is 10.0. The molecule has 3 aliphatic heterocycles. The van der Waals surface area contributed by atoms with Crippen LogP contribution in [0.3, 0.4) is 0 Å². The number of urea groups is 1. The van der Waals surface area contributed by atoms with Crippen LogP contribution in [-0.4, -0.2) is 80.0 Å². The van der Waals surface area contributed by atoms with Gasteiger partial charge in [0.05, 0.1) is 42.3 Å². The van der Waals surface area contributed by atoms with E-state index in [9.17, 15) is 22.8 Å². The fourth-order valence-electron chi connectivity index (χ4n) is 5.10. The largest absolute Gasteiger partial charge is 0.483 e. The Bertz CT molecular complexity index is 1510. The molecule has 2 saturated heterocycles. The second-order valence-electron chi connectivity index (χ2n) is 10.1. The van der Waals surface area contributed by atoms with Crippen molar-refractivity contribution in [1.29, 1.82) is 0 Å². The fraction of sp³-hybridized carbons (Fsp3) is 0.370. The number of nitrogens with zero attached hydrogens (tertiary/aromatic N) is 7. The minimum Gasteiger partial charge on any atom is -0.483 e. The van der Waals surface area contributed by atoms with Crippen LogP contribution in [0.5, 0.6) is 5.75 Å². The molecule has 0 aliphatic carbocycles. The minimum absolute atomic E-state index is 0.0578. The highest BCUT2D eigenvalue weighted by Crippen LogP contribution is 2.32. The Morgan fingerprint density at radius 2 is 1.73 bits per heavy atom. The zero-order chi connectivity index (χ0) is 28.1. The van der Waals surface area contributed by atoms with E-state index in [1.54, 1.807) is 18.7 Å². The molecule has 0 unspecified atom stereocenters. The van der Waals surface area contributed by atoms with Crippen LogP contribution in [0.2, 0.25) is 0 Å². The Balaban J connectivity index is 1.13. The van der Waals surface area contributed by atoms with E-state index in [0.717, 1.165) is 18.7 Å². The number of pyridine rings is 1. The van der Waals surface area contributed by atoms with Crippen LogP contribution < -0.4 is 4.74 Å². The highest BCUT2D eigenvalue weighted by atomic mass is 19.1. The SMILES string of the molecule is Cc1nn(-c2cc(OC3CN(C(=O)N4N=CC[C@H]4c4cc(F)cc(F)c4)C3)c(F)cn2)c(C)c1C(=O)N1CCC1. The van der Waals surface area contributed by atoms with Crippen molar-refractivity contribution >= 4 is 18.2 Å². The second-order valence-corrected chi connectivity index (χ2v) is 10.1. The molecule has 3 aliphatic rings. The summed E-state index contributed by atoms with van der Waals surface area (Å²) < 4.78 is 49.4. The summed E-state index contributed by atoms with van der Waals surface area (Å²) in [5.41, 5.74) is 1.96.